The van der Waals surface area contributed by atoms with Crippen LogP contribution in [0.5, 0.6) is 0 Å². The summed E-state index contributed by atoms with van der Waals surface area (Å²) in [4.78, 5) is 27.2. The molecule has 0 radical (unpaired) electrons. The van der Waals surface area contributed by atoms with Gasteiger partial charge in [0.15, 0.2) is 0 Å². The van der Waals surface area contributed by atoms with Crippen LogP contribution in [0.4, 0.5) is 18.9 Å². The molecule has 0 unspecified atom stereocenters. The quantitative estimate of drug-likeness (QED) is 0.514. The smallest absolute Gasteiger partial charge is 0.334 e. The van der Waals surface area contributed by atoms with Gasteiger partial charge in [0.1, 0.15) is 0 Å². The van der Waals surface area contributed by atoms with Gasteiger partial charge in [-0.3, -0.25) is 9.59 Å². The number of benzene rings is 3. The summed E-state index contributed by atoms with van der Waals surface area (Å²) >= 11 is 0. The highest BCUT2D eigenvalue weighted by Gasteiger charge is 2.30. The molecule has 0 aliphatic rings. The molecular weight excluding hydrogens is 417 g/mol. The van der Waals surface area contributed by atoms with Gasteiger partial charge in [-0.2, -0.15) is 13.2 Å². The molecule has 7 heteroatoms. The van der Waals surface area contributed by atoms with Gasteiger partial charge in [0, 0.05) is 30.8 Å². The van der Waals surface area contributed by atoms with Crippen molar-refractivity contribution >= 4 is 17.5 Å². The fourth-order valence-electron chi connectivity index (χ4n) is 3.24. The molecule has 0 saturated carbocycles. The number of halogens is 3. The Balaban J connectivity index is 1.68. The number of amides is 2. The molecule has 166 valence electrons. The number of nitrogens with zero attached hydrogens (tertiary/aromatic N) is 1. The highest BCUT2D eigenvalue weighted by atomic mass is 19.4. The van der Waals surface area contributed by atoms with Crippen LogP contribution in [-0.4, -0.2) is 23.3 Å². The molecule has 3 aromatic carbocycles. The predicted octanol–water partition coefficient (Wildman–Crippen LogP) is 5.69. The fraction of sp³-hybridized carbons (Fsp3) is 0.200. The number of carbonyl (C=O) groups excluding carboxylic acids is 2. The van der Waals surface area contributed by atoms with Crippen molar-refractivity contribution in [1.29, 1.82) is 0 Å². The van der Waals surface area contributed by atoms with Crippen LogP contribution < -0.4 is 5.32 Å². The van der Waals surface area contributed by atoms with Crippen molar-refractivity contribution in [1.82, 2.24) is 4.90 Å². The molecule has 32 heavy (non-hydrogen) atoms. The number of alkyl halides is 3. The molecule has 3 rings (SSSR count). The second-order valence-corrected chi connectivity index (χ2v) is 7.40. The van der Waals surface area contributed by atoms with E-state index in [0.29, 0.717) is 12.1 Å². The Bertz CT molecular complexity index is 1060. The molecule has 0 atom stereocenters. The summed E-state index contributed by atoms with van der Waals surface area (Å²) in [5.74, 6) is -0.574. The number of carbonyl (C=O) groups is 2. The molecule has 3 aromatic rings. The predicted molar refractivity (Wildman–Crippen MR) is 117 cm³/mol. The Morgan fingerprint density at radius 3 is 2.12 bits per heavy atom. The Labute approximate surface area is 184 Å². The average molecular weight is 440 g/mol. The Morgan fingerprint density at radius 1 is 0.875 bits per heavy atom. The molecule has 0 saturated heterocycles. The summed E-state index contributed by atoms with van der Waals surface area (Å²) in [6, 6.07) is 20.9. The number of hydrogen-bond acceptors (Lipinski definition) is 2. The van der Waals surface area contributed by atoms with E-state index in [2.05, 4.69) is 5.32 Å². The normalized spacial score (nSPS) is 11.1. The van der Waals surface area contributed by atoms with E-state index in [0.717, 1.165) is 23.3 Å². The van der Waals surface area contributed by atoms with E-state index in [1.54, 1.807) is 17.0 Å². The van der Waals surface area contributed by atoms with E-state index in [4.69, 9.17) is 0 Å². The zero-order valence-corrected chi connectivity index (χ0v) is 17.5. The van der Waals surface area contributed by atoms with Crippen LogP contribution in [0.2, 0.25) is 0 Å². The molecule has 0 heterocycles. The maximum atomic E-state index is 13.2. The zero-order valence-electron chi connectivity index (χ0n) is 17.5. The average Bonchev–Trinajstić information content (AvgIpc) is 2.77. The summed E-state index contributed by atoms with van der Waals surface area (Å²) < 4.78 is 38.1. The van der Waals surface area contributed by atoms with Crippen molar-refractivity contribution in [3.05, 3.63) is 101 Å². The summed E-state index contributed by atoms with van der Waals surface area (Å²) in [5.41, 5.74) is 1.81. The van der Waals surface area contributed by atoms with Crippen molar-refractivity contribution in [2.45, 2.75) is 26.1 Å². The van der Waals surface area contributed by atoms with E-state index in [-0.39, 0.29) is 30.5 Å². The first-order valence-electron chi connectivity index (χ1n) is 10.1. The molecule has 0 fully saturated rings. The van der Waals surface area contributed by atoms with E-state index in [9.17, 15) is 22.8 Å². The maximum Gasteiger partial charge on any atom is 0.416 e. The first-order chi connectivity index (χ1) is 15.2. The number of nitrogens with one attached hydrogen (secondary N) is 1. The molecule has 0 spiro atoms. The fourth-order valence-corrected chi connectivity index (χ4v) is 3.24. The van der Waals surface area contributed by atoms with Gasteiger partial charge in [-0.25, -0.2) is 0 Å². The largest absolute Gasteiger partial charge is 0.416 e. The van der Waals surface area contributed by atoms with Crippen LogP contribution in [0.25, 0.3) is 0 Å². The van der Waals surface area contributed by atoms with Gasteiger partial charge in [0.25, 0.3) is 5.91 Å². The minimum absolute atomic E-state index is 0.00543. The molecule has 4 nitrogen and oxygen atoms in total. The van der Waals surface area contributed by atoms with Gasteiger partial charge < -0.3 is 10.2 Å². The molecule has 0 aliphatic heterocycles. The summed E-state index contributed by atoms with van der Waals surface area (Å²) in [6.07, 6.45) is -4.43. The second kappa shape index (κ2) is 10.1. The Morgan fingerprint density at radius 2 is 1.50 bits per heavy atom. The van der Waals surface area contributed by atoms with Crippen LogP contribution in [0, 0.1) is 6.92 Å². The lowest BCUT2D eigenvalue weighted by atomic mass is 10.1. The van der Waals surface area contributed by atoms with Crippen LogP contribution in [-0.2, 0) is 17.5 Å². The van der Waals surface area contributed by atoms with Crippen molar-refractivity contribution in [2.75, 3.05) is 11.9 Å². The minimum Gasteiger partial charge on any atom is -0.334 e. The van der Waals surface area contributed by atoms with Crippen molar-refractivity contribution in [3.8, 4) is 0 Å². The molecule has 0 aromatic heterocycles. The SMILES string of the molecule is Cc1ccccc1C(=O)N(CCC(=O)Nc1ccc(C(F)(F)F)cc1)Cc1ccccc1. The van der Waals surface area contributed by atoms with E-state index < -0.39 is 11.7 Å². The van der Waals surface area contributed by atoms with Gasteiger partial charge in [0.2, 0.25) is 5.91 Å². The number of hydrogen-bond donors (Lipinski definition) is 1. The highest BCUT2D eigenvalue weighted by molar-refractivity contribution is 5.96. The van der Waals surface area contributed by atoms with Gasteiger partial charge in [-0.15, -0.1) is 0 Å². The second-order valence-electron chi connectivity index (χ2n) is 7.40. The molecule has 2 amide bonds. The van der Waals surface area contributed by atoms with E-state index in [1.807, 2.05) is 49.4 Å². The standard InChI is InChI=1S/C25H23F3N2O2/c1-18-7-5-6-10-22(18)24(32)30(17-19-8-3-2-4-9-19)16-15-23(31)29-21-13-11-20(12-14-21)25(26,27)28/h2-14H,15-17H2,1H3,(H,29,31). The van der Waals surface area contributed by atoms with Crippen molar-refractivity contribution in [3.63, 3.8) is 0 Å². The van der Waals surface area contributed by atoms with Crippen LogP contribution in [0.15, 0.2) is 78.9 Å². The third kappa shape index (κ3) is 6.20. The molecular formula is C25H23F3N2O2. The first kappa shape index (κ1) is 23.1. The van der Waals surface area contributed by atoms with Crippen LogP contribution >= 0.6 is 0 Å². The monoisotopic (exact) mass is 440 g/mol. The molecule has 0 aliphatic carbocycles. The lowest BCUT2D eigenvalue weighted by Gasteiger charge is -2.23. The van der Waals surface area contributed by atoms with Crippen LogP contribution in [0.1, 0.15) is 33.5 Å². The number of anilines is 1. The summed E-state index contributed by atoms with van der Waals surface area (Å²) in [7, 11) is 0. The minimum atomic E-state index is -4.43. The topological polar surface area (TPSA) is 49.4 Å². The van der Waals surface area contributed by atoms with Gasteiger partial charge in [-0.1, -0.05) is 48.5 Å². The Hall–Kier alpha value is -3.61. The van der Waals surface area contributed by atoms with E-state index in [1.165, 1.54) is 12.1 Å². The zero-order chi connectivity index (χ0) is 23.1. The third-order valence-corrected chi connectivity index (χ3v) is 4.98. The lowest BCUT2D eigenvalue weighted by molar-refractivity contribution is -0.137. The van der Waals surface area contributed by atoms with Crippen molar-refractivity contribution in [2.24, 2.45) is 0 Å². The first-order valence-corrected chi connectivity index (χ1v) is 10.1. The third-order valence-electron chi connectivity index (χ3n) is 4.98. The summed E-state index contributed by atoms with van der Waals surface area (Å²) in [5, 5.41) is 2.59. The van der Waals surface area contributed by atoms with Crippen LogP contribution in [0.3, 0.4) is 0 Å². The van der Waals surface area contributed by atoms with Crippen molar-refractivity contribution < 1.29 is 22.8 Å². The summed E-state index contributed by atoms with van der Waals surface area (Å²) in [6.45, 7) is 2.35. The van der Waals surface area contributed by atoms with Gasteiger partial charge in [0.05, 0.1) is 5.56 Å². The Kier molecular flexibility index (Phi) is 7.30. The van der Waals surface area contributed by atoms with Gasteiger partial charge in [-0.05, 0) is 48.4 Å². The number of rotatable bonds is 7. The highest BCUT2D eigenvalue weighted by Crippen LogP contribution is 2.29. The van der Waals surface area contributed by atoms with E-state index >= 15 is 0 Å². The molecule has 0 bridgehead atoms. The van der Waals surface area contributed by atoms with Gasteiger partial charge >= 0.3 is 6.18 Å². The number of aryl methyl sites for hydroxylation is 1. The maximum absolute atomic E-state index is 13.2. The lowest BCUT2D eigenvalue weighted by Crippen LogP contribution is -2.34. The molecule has 1 N–H and O–H groups in total.